The summed E-state index contributed by atoms with van der Waals surface area (Å²) in [5, 5.41) is 9.48. The summed E-state index contributed by atoms with van der Waals surface area (Å²) in [6, 6.07) is 9.21. The maximum Gasteiger partial charge on any atom is 0.305 e. The third kappa shape index (κ3) is 4.60. The first-order valence-electron chi connectivity index (χ1n) is 7.68. The summed E-state index contributed by atoms with van der Waals surface area (Å²) in [6.45, 7) is 5.33. The van der Waals surface area contributed by atoms with Gasteiger partial charge in [-0.2, -0.15) is 0 Å². The van der Waals surface area contributed by atoms with Gasteiger partial charge >= 0.3 is 5.97 Å². The van der Waals surface area contributed by atoms with Gasteiger partial charge in [0.05, 0.1) is 17.4 Å². The minimum Gasteiger partial charge on any atom is -0.481 e. The molecule has 2 aromatic carbocycles. The van der Waals surface area contributed by atoms with Gasteiger partial charge in [0.15, 0.2) is 0 Å². The summed E-state index contributed by atoms with van der Waals surface area (Å²) >= 11 is 6.13. The quantitative estimate of drug-likeness (QED) is 0.797. The van der Waals surface area contributed by atoms with Crippen molar-refractivity contribution >= 4 is 27.6 Å². The lowest BCUT2D eigenvalue weighted by Gasteiger charge is -2.20. The molecule has 25 heavy (non-hydrogen) atoms. The van der Waals surface area contributed by atoms with Crippen molar-refractivity contribution in [1.82, 2.24) is 4.72 Å². The standard InChI is InChI=1S/C18H20ClNO4S/c1-11-8-12(2)18(13(3)9-11)25(23,24)20-16(10-17(21)22)14-6-4-5-7-15(14)19/h4-9,16,20H,10H2,1-3H3,(H,21,22). The molecule has 134 valence electrons. The van der Waals surface area contributed by atoms with Gasteiger partial charge in [0.1, 0.15) is 0 Å². The molecule has 2 N–H and O–H groups in total. The van der Waals surface area contributed by atoms with Crippen molar-refractivity contribution in [2.24, 2.45) is 0 Å². The van der Waals surface area contributed by atoms with Crippen LogP contribution in [0.5, 0.6) is 0 Å². The minimum atomic E-state index is -3.92. The van der Waals surface area contributed by atoms with E-state index in [0.717, 1.165) is 5.56 Å². The predicted octanol–water partition coefficient (Wildman–Crippen LogP) is 3.76. The molecule has 0 spiro atoms. The zero-order valence-electron chi connectivity index (χ0n) is 14.2. The second-order valence-corrected chi connectivity index (χ2v) is 8.08. The van der Waals surface area contributed by atoms with Crippen LogP contribution in [0.15, 0.2) is 41.3 Å². The molecule has 0 amide bonds. The molecular formula is C18H20ClNO4S. The number of benzene rings is 2. The Morgan fingerprint density at radius 3 is 2.24 bits per heavy atom. The Morgan fingerprint density at radius 1 is 1.16 bits per heavy atom. The molecule has 1 atom stereocenters. The van der Waals surface area contributed by atoms with Crippen molar-refractivity contribution in [1.29, 1.82) is 0 Å². The molecule has 7 heteroatoms. The zero-order valence-corrected chi connectivity index (χ0v) is 15.8. The SMILES string of the molecule is Cc1cc(C)c(S(=O)(=O)NC(CC(=O)O)c2ccccc2Cl)c(C)c1. The van der Waals surface area contributed by atoms with Crippen LogP contribution >= 0.6 is 11.6 Å². The van der Waals surface area contributed by atoms with Gasteiger partial charge in [0, 0.05) is 5.02 Å². The Balaban J connectivity index is 2.48. The van der Waals surface area contributed by atoms with Crippen LogP contribution in [0.25, 0.3) is 0 Å². The van der Waals surface area contributed by atoms with E-state index >= 15 is 0 Å². The average Bonchev–Trinajstić information content (AvgIpc) is 2.44. The first-order valence-corrected chi connectivity index (χ1v) is 9.54. The third-order valence-electron chi connectivity index (χ3n) is 3.83. The van der Waals surface area contributed by atoms with Crippen molar-refractivity contribution in [3.05, 3.63) is 63.7 Å². The number of carboxylic acid groups (broad SMARTS) is 1. The molecule has 0 radical (unpaired) electrons. The summed E-state index contributed by atoms with van der Waals surface area (Å²) in [7, 11) is -3.92. The molecule has 0 fully saturated rings. The molecular weight excluding hydrogens is 362 g/mol. The van der Waals surface area contributed by atoms with Crippen molar-refractivity contribution < 1.29 is 18.3 Å². The van der Waals surface area contributed by atoms with Crippen LogP contribution in [-0.4, -0.2) is 19.5 Å². The number of carbonyl (C=O) groups is 1. The number of carboxylic acids is 1. The number of aryl methyl sites for hydroxylation is 3. The molecule has 0 aliphatic heterocycles. The van der Waals surface area contributed by atoms with Crippen LogP contribution in [0, 0.1) is 20.8 Å². The smallest absolute Gasteiger partial charge is 0.305 e. The van der Waals surface area contributed by atoms with Gasteiger partial charge in [0.25, 0.3) is 0 Å². The number of aliphatic carboxylic acids is 1. The molecule has 0 aromatic heterocycles. The van der Waals surface area contributed by atoms with Crippen LogP contribution in [-0.2, 0) is 14.8 Å². The van der Waals surface area contributed by atoms with Crippen molar-refractivity contribution in [3.8, 4) is 0 Å². The average molecular weight is 382 g/mol. The number of hydrogen-bond donors (Lipinski definition) is 2. The van der Waals surface area contributed by atoms with Gasteiger partial charge in [0.2, 0.25) is 10.0 Å². The maximum atomic E-state index is 12.9. The molecule has 0 aliphatic carbocycles. The molecule has 5 nitrogen and oxygen atoms in total. The highest BCUT2D eigenvalue weighted by molar-refractivity contribution is 7.89. The van der Waals surface area contributed by atoms with Crippen LogP contribution < -0.4 is 4.72 Å². The van der Waals surface area contributed by atoms with E-state index in [2.05, 4.69) is 4.72 Å². The van der Waals surface area contributed by atoms with E-state index in [4.69, 9.17) is 11.6 Å². The second-order valence-electron chi connectivity index (χ2n) is 6.02. The lowest BCUT2D eigenvalue weighted by atomic mass is 10.1. The van der Waals surface area contributed by atoms with E-state index in [1.807, 2.05) is 6.92 Å². The summed E-state index contributed by atoms with van der Waals surface area (Å²) in [5.74, 6) is -1.12. The molecule has 2 rings (SSSR count). The number of hydrogen-bond acceptors (Lipinski definition) is 3. The number of rotatable bonds is 6. The fraction of sp³-hybridized carbons (Fsp3) is 0.278. The topological polar surface area (TPSA) is 83.5 Å². The normalized spacial score (nSPS) is 12.8. The molecule has 0 heterocycles. The molecule has 1 unspecified atom stereocenters. The Bertz CT molecular complexity index is 886. The Labute approximate surface area is 152 Å². The minimum absolute atomic E-state index is 0.167. The highest BCUT2D eigenvalue weighted by Crippen LogP contribution is 2.29. The van der Waals surface area contributed by atoms with Gasteiger partial charge in [-0.25, -0.2) is 13.1 Å². The van der Waals surface area contributed by atoms with E-state index in [1.54, 1.807) is 50.2 Å². The lowest BCUT2D eigenvalue weighted by molar-refractivity contribution is -0.137. The summed E-state index contributed by atoms with van der Waals surface area (Å²) in [4.78, 5) is 11.4. The zero-order chi connectivity index (χ0) is 18.8. The van der Waals surface area contributed by atoms with Crippen molar-refractivity contribution in [2.75, 3.05) is 0 Å². The van der Waals surface area contributed by atoms with E-state index in [-0.39, 0.29) is 4.90 Å². The first kappa shape index (κ1) is 19.4. The van der Waals surface area contributed by atoms with Crippen LogP contribution in [0.4, 0.5) is 0 Å². The molecule has 0 saturated heterocycles. The number of nitrogens with one attached hydrogen (secondary N) is 1. The van der Waals surface area contributed by atoms with Gasteiger partial charge in [-0.05, 0) is 43.5 Å². The lowest BCUT2D eigenvalue weighted by Crippen LogP contribution is -2.31. The number of sulfonamides is 1. The van der Waals surface area contributed by atoms with E-state index < -0.39 is 28.5 Å². The monoisotopic (exact) mass is 381 g/mol. The summed E-state index contributed by atoms with van der Waals surface area (Å²) in [6.07, 6.45) is -0.410. The van der Waals surface area contributed by atoms with E-state index in [1.165, 1.54) is 0 Å². The Hall–Kier alpha value is -1.89. The fourth-order valence-electron chi connectivity index (χ4n) is 2.98. The summed E-state index contributed by atoms with van der Waals surface area (Å²) in [5.41, 5.74) is 2.61. The van der Waals surface area contributed by atoms with Gasteiger partial charge in [-0.1, -0.05) is 47.5 Å². The van der Waals surface area contributed by atoms with Gasteiger partial charge in [-0.3, -0.25) is 4.79 Å². The van der Waals surface area contributed by atoms with Gasteiger partial charge in [-0.15, -0.1) is 0 Å². The highest BCUT2D eigenvalue weighted by Gasteiger charge is 2.27. The van der Waals surface area contributed by atoms with E-state index in [9.17, 15) is 18.3 Å². The van der Waals surface area contributed by atoms with Crippen LogP contribution in [0.1, 0.15) is 34.7 Å². The fourth-order valence-corrected chi connectivity index (χ4v) is 4.92. The highest BCUT2D eigenvalue weighted by atomic mass is 35.5. The van der Waals surface area contributed by atoms with Crippen LogP contribution in [0.2, 0.25) is 5.02 Å². The third-order valence-corrected chi connectivity index (χ3v) is 5.95. The Kier molecular flexibility index (Phi) is 5.87. The second kappa shape index (κ2) is 7.56. The van der Waals surface area contributed by atoms with E-state index in [0.29, 0.717) is 21.7 Å². The van der Waals surface area contributed by atoms with Gasteiger partial charge < -0.3 is 5.11 Å². The molecule has 0 bridgehead atoms. The molecule has 2 aromatic rings. The molecule has 0 saturated carbocycles. The largest absolute Gasteiger partial charge is 0.481 e. The van der Waals surface area contributed by atoms with Crippen molar-refractivity contribution in [3.63, 3.8) is 0 Å². The Morgan fingerprint density at radius 2 is 1.72 bits per heavy atom. The van der Waals surface area contributed by atoms with Crippen molar-refractivity contribution in [2.45, 2.75) is 38.1 Å². The summed E-state index contributed by atoms with van der Waals surface area (Å²) < 4.78 is 28.3. The first-order chi connectivity index (χ1) is 11.6. The maximum absolute atomic E-state index is 12.9. The number of halogens is 1. The van der Waals surface area contributed by atoms with Crippen LogP contribution in [0.3, 0.4) is 0 Å². The predicted molar refractivity (Wildman–Crippen MR) is 97.4 cm³/mol. The molecule has 0 aliphatic rings.